The normalized spacial score (nSPS) is 29.0. The number of rotatable bonds is 6. The lowest BCUT2D eigenvalue weighted by molar-refractivity contribution is -0.144. The lowest BCUT2D eigenvalue weighted by Crippen LogP contribution is -2.61. The van der Waals surface area contributed by atoms with Crippen molar-refractivity contribution in [1.82, 2.24) is 15.6 Å². The lowest BCUT2D eigenvalue weighted by atomic mass is 9.53. The maximum absolute atomic E-state index is 12.5. The number of urea groups is 1. The van der Waals surface area contributed by atoms with Gasteiger partial charge >= 0.3 is 12.0 Å². The zero-order valence-corrected chi connectivity index (χ0v) is 17.2. The number of nitrogens with zero attached hydrogens (tertiary/aromatic N) is 1. The number of aromatic nitrogens is 1. The summed E-state index contributed by atoms with van der Waals surface area (Å²) in [4.78, 5) is 29.0. The molecule has 4 aliphatic rings. The van der Waals surface area contributed by atoms with Crippen molar-refractivity contribution in [2.75, 3.05) is 6.54 Å². The fourth-order valence-electron chi connectivity index (χ4n) is 6.34. The van der Waals surface area contributed by atoms with Gasteiger partial charge in [-0.25, -0.2) is 4.79 Å². The second-order valence-corrected chi connectivity index (χ2v) is 9.48. The standard InChI is InChI=1S/C24H29N3O3/c28-21(30-15-20-4-1-3-19-5-2-7-25-22(19)20)6-8-26-23(29)27-24-12-16-9-17(13-24)11-18(10-16)14-24/h1-5,7,16-18H,6,8-15H2,(H2,26,27,29). The highest BCUT2D eigenvalue weighted by atomic mass is 16.5. The Hall–Kier alpha value is -2.63. The molecule has 30 heavy (non-hydrogen) atoms. The van der Waals surface area contributed by atoms with Crippen LogP contribution in [0.25, 0.3) is 10.9 Å². The van der Waals surface area contributed by atoms with E-state index in [1.165, 1.54) is 19.3 Å². The lowest BCUT2D eigenvalue weighted by Gasteiger charge is -2.56. The van der Waals surface area contributed by atoms with Crippen molar-refractivity contribution in [3.63, 3.8) is 0 Å². The summed E-state index contributed by atoms with van der Waals surface area (Å²) >= 11 is 0. The van der Waals surface area contributed by atoms with Gasteiger partial charge < -0.3 is 15.4 Å². The van der Waals surface area contributed by atoms with Crippen molar-refractivity contribution in [3.05, 3.63) is 42.1 Å². The molecule has 2 aromatic rings. The quantitative estimate of drug-likeness (QED) is 0.711. The van der Waals surface area contributed by atoms with Crippen LogP contribution in [0.1, 0.15) is 50.5 Å². The Bertz CT molecular complexity index is 917. The average molecular weight is 408 g/mol. The van der Waals surface area contributed by atoms with Crippen molar-refractivity contribution in [3.8, 4) is 0 Å². The van der Waals surface area contributed by atoms with E-state index >= 15 is 0 Å². The van der Waals surface area contributed by atoms with Crippen molar-refractivity contribution in [2.45, 2.75) is 57.1 Å². The second-order valence-electron chi connectivity index (χ2n) is 9.48. The van der Waals surface area contributed by atoms with Gasteiger partial charge in [0.2, 0.25) is 0 Å². The number of fused-ring (bicyclic) bond motifs is 1. The van der Waals surface area contributed by atoms with Gasteiger partial charge in [-0.1, -0.05) is 24.3 Å². The summed E-state index contributed by atoms with van der Waals surface area (Å²) in [5.41, 5.74) is 1.72. The fourth-order valence-corrected chi connectivity index (χ4v) is 6.34. The SMILES string of the molecule is O=C(NCCC(=O)OCc1cccc2cccnc12)NC12CC3CC(CC(C3)C1)C2. The molecule has 4 fully saturated rings. The smallest absolute Gasteiger partial charge is 0.315 e. The third kappa shape index (κ3) is 4.00. The maximum Gasteiger partial charge on any atom is 0.315 e. The summed E-state index contributed by atoms with van der Waals surface area (Å²) in [5.74, 6) is 2.04. The summed E-state index contributed by atoms with van der Waals surface area (Å²) in [7, 11) is 0. The van der Waals surface area contributed by atoms with Gasteiger partial charge in [-0.2, -0.15) is 0 Å². The molecule has 0 atom stereocenters. The van der Waals surface area contributed by atoms with E-state index in [0.717, 1.165) is 53.5 Å². The van der Waals surface area contributed by atoms with E-state index in [-0.39, 0.29) is 37.1 Å². The van der Waals surface area contributed by atoms with Crippen molar-refractivity contribution >= 4 is 22.9 Å². The van der Waals surface area contributed by atoms with Crippen LogP contribution in [0.4, 0.5) is 4.79 Å². The molecule has 4 saturated carbocycles. The molecule has 6 nitrogen and oxygen atoms in total. The van der Waals surface area contributed by atoms with E-state index in [2.05, 4.69) is 15.6 Å². The Kier molecular flexibility index (Phi) is 5.09. The van der Waals surface area contributed by atoms with E-state index < -0.39 is 0 Å². The fraction of sp³-hybridized carbons (Fsp3) is 0.542. The van der Waals surface area contributed by atoms with Crippen LogP contribution in [0, 0.1) is 17.8 Å². The first-order chi connectivity index (χ1) is 14.6. The summed E-state index contributed by atoms with van der Waals surface area (Å²) < 4.78 is 5.40. The number of pyridine rings is 1. The van der Waals surface area contributed by atoms with E-state index in [0.29, 0.717) is 0 Å². The molecule has 0 aliphatic heterocycles. The number of carbonyl (C=O) groups excluding carboxylic acids is 2. The van der Waals surface area contributed by atoms with E-state index in [4.69, 9.17) is 4.74 Å². The van der Waals surface area contributed by atoms with Crippen molar-refractivity contribution in [1.29, 1.82) is 0 Å². The van der Waals surface area contributed by atoms with Gasteiger partial charge in [0, 0.05) is 29.2 Å². The highest BCUT2D eigenvalue weighted by Crippen LogP contribution is 2.55. The molecule has 0 radical (unpaired) electrons. The van der Waals surface area contributed by atoms with Crippen molar-refractivity contribution in [2.24, 2.45) is 17.8 Å². The van der Waals surface area contributed by atoms with Crippen LogP contribution in [0.5, 0.6) is 0 Å². The highest BCUT2D eigenvalue weighted by Gasteiger charge is 2.51. The average Bonchev–Trinajstić information content (AvgIpc) is 2.71. The molecule has 2 N–H and O–H groups in total. The number of nitrogens with one attached hydrogen (secondary N) is 2. The molecule has 158 valence electrons. The summed E-state index contributed by atoms with van der Waals surface area (Å²) in [6, 6.07) is 9.56. The van der Waals surface area contributed by atoms with Crippen LogP contribution in [-0.2, 0) is 16.1 Å². The predicted molar refractivity (Wildman–Crippen MR) is 114 cm³/mol. The second kappa shape index (κ2) is 7.89. The number of benzene rings is 1. The molecule has 0 saturated heterocycles. The third-order valence-corrected chi connectivity index (χ3v) is 7.14. The van der Waals surface area contributed by atoms with Crippen LogP contribution in [-0.4, -0.2) is 29.1 Å². The molecule has 0 spiro atoms. The molecule has 4 aliphatic carbocycles. The molecule has 1 heterocycles. The van der Waals surface area contributed by atoms with Crippen LogP contribution >= 0.6 is 0 Å². The van der Waals surface area contributed by atoms with Gasteiger partial charge in [0.15, 0.2) is 0 Å². The van der Waals surface area contributed by atoms with Crippen LogP contribution in [0.2, 0.25) is 0 Å². The Balaban J connectivity index is 1.07. The minimum atomic E-state index is -0.321. The van der Waals surface area contributed by atoms with Gasteiger partial charge in [-0.3, -0.25) is 9.78 Å². The van der Waals surface area contributed by atoms with Crippen LogP contribution in [0.3, 0.4) is 0 Å². The molecule has 6 rings (SSSR count). The van der Waals surface area contributed by atoms with E-state index in [1.807, 2.05) is 30.3 Å². The topological polar surface area (TPSA) is 80.3 Å². The minimum Gasteiger partial charge on any atom is -0.461 e. The summed E-state index contributed by atoms with van der Waals surface area (Å²) in [6.45, 7) is 0.470. The summed E-state index contributed by atoms with van der Waals surface area (Å²) in [6.07, 6.45) is 9.29. The van der Waals surface area contributed by atoms with Gasteiger partial charge in [-0.15, -0.1) is 0 Å². The Morgan fingerprint density at radius 2 is 1.73 bits per heavy atom. The largest absolute Gasteiger partial charge is 0.461 e. The molecule has 2 amide bonds. The Morgan fingerprint density at radius 1 is 1.03 bits per heavy atom. The number of esters is 1. The molecule has 4 bridgehead atoms. The number of hydrogen-bond acceptors (Lipinski definition) is 4. The first-order valence-corrected chi connectivity index (χ1v) is 11.1. The number of carbonyl (C=O) groups is 2. The molecule has 1 aromatic carbocycles. The summed E-state index contributed by atoms with van der Waals surface area (Å²) in [5, 5.41) is 7.14. The van der Waals surface area contributed by atoms with Crippen LogP contribution in [0.15, 0.2) is 36.5 Å². The van der Waals surface area contributed by atoms with Gasteiger partial charge in [0.05, 0.1) is 11.9 Å². The first kappa shape index (κ1) is 19.3. The van der Waals surface area contributed by atoms with Gasteiger partial charge in [0.25, 0.3) is 0 Å². The maximum atomic E-state index is 12.5. The highest BCUT2D eigenvalue weighted by molar-refractivity contribution is 5.81. The van der Waals surface area contributed by atoms with Crippen LogP contribution < -0.4 is 10.6 Å². The van der Waals surface area contributed by atoms with E-state index in [1.54, 1.807) is 6.20 Å². The van der Waals surface area contributed by atoms with Crippen molar-refractivity contribution < 1.29 is 14.3 Å². The molecular formula is C24H29N3O3. The zero-order valence-electron chi connectivity index (χ0n) is 17.2. The van der Waals surface area contributed by atoms with Gasteiger partial charge in [0.1, 0.15) is 6.61 Å². The number of para-hydroxylation sites is 1. The third-order valence-electron chi connectivity index (χ3n) is 7.14. The minimum absolute atomic E-state index is 0.0132. The van der Waals surface area contributed by atoms with E-state index in [9.17, 15) is 9.59 Å². The van der Waals surface area contributed by atoms with Gasteiger partial charge in [-0.05, 0) is 62.3 Å². The Morgan fingerprint density at radius 3 is 2.47 bits per heavy atom. The number of hydrogen-bond donors (Lipinski definition) is 2. The predicted octanol–water partition coefficient (Wildman–Crippen LogP) is 3.94. The number of ether oxygens (including phenoxy) is 1. The molecule has 0 unspecified atom stereocenters. The molecule has 1 aromatic heterocycles. The zero-order chi connectivity index (χ0) is 20.6. The molecular weight excluding hydrogens is 378 g/mol. The number of amides is 2. The Labute approximate surface area is 176 Å². The first-order valence-electron chi connectivity index (χ1n) is 11.1. The monoisotopic (exact) mass is 407 g/mol. The molecule has 6 heteroatoms.